The maximum atomic E-state index is 12.9. The molecule has 1 aliphatic rings. The van der Waals surface area contributed by atoms with Crippen LogP contribution in [0.3, 0.4) is 0 Å². The van der Waals surface area contributed by atoms with E-state index in [1.807, 2.05) is 0 Å². The van der Waals surface area contributed by atoms with Crippen LogP contribution in [0.25, 0.3) is 0 Å². The van der Waals surface area contributed by atoms with E-state index in [2.05, 4.69) is 4.98 Å². The van der Waals surface area contributed by atoms with Crippen molar-refractivity contribution >= 4 is 29.7 Å². The van der Waals surface area contributed by atoms with Gasteiger partial charge in [0, 0.05) is 26.5 Å². The van der Waals surface area contributed by atoms with Gasteiger partial charge in [0.05, 0.1) is 6.20 Å². The van der Waals surface area contributed by atoms with E-state index in [4.69, 9.17) is 18.9 Å². The molecule has 0 N–H and O–H groups in total. The molecule has 1 aliphatic heterocycles. The third-order valence-electron chi connectivity index (χ3n) is 3.26. The summed E-state index contributed by atoms with van der Waals surface area (Å²) in [5.74, 6) is -1.99. The number of carbonyl (C=O) groups excluding carboxylic acids is 3. The summed E-state index contributed by atoms with van der Waals surface area (Å²) in [5.41, 5.74) is -0.776. The molecule has 0 aliphatic carbocycles. The van der Waals surface area contributed by atoms with Crippen LogP contribution in [0.15, 0.2) is 18.3 Å². The Morgan fingerprint density at radius 2 is 1.65 bits per heavy atom. The Morgan fingerprint density at radius 3 is 2.19 bits per heavy atom. The molecule has 1 aromatic rings. The van der Waals surface area contributed by atoms with E-state index in [9.17, 15) is 18.8 Å². The number of hydrogen-bond donors (Lipinski definition) is 0. The highest BCUT2D eigenvalue weighted by atomic mass is 32.2. The summed E-state index contributed by atoms with van der Waals surface area (Å²) in [6, 6.07) is 2.49. The molecular formula is C16H18FNO7S. The molecule has 26 heavy (non-hydrogen) atoms. The summed E-state index contributed by atoms with van der Waals surface area (Å²) in [5, 5.41) is 0. The first-order valence-corrected chi connectivity index (χ1v) is 8.72. The van der Waals surface area contributed by atoms with Crippen molar-refractivity contribution in [3.63, 3.8) is 0 Å². The SMILES string of the molecule is CC(=O)O[C@@H]1[C@@H](OC(C)=O)[C@H](OC(C)=O)CS[C@H]1Oc1ccc(F)nc1. The van der Waals surface area contributed by atoms with Crippen LogP contribution in [0.4, 0.5) is 4.39 Å². The Balaban J connectivity index is 2.25. The van der Waals surface area contributed by atoms with Crippen LogP contribution in [-0.4, -0.2) is 52.4 Å². The lowest BCUT2D eigenvalue weighted by molar-refractivity contribution is -0.186. The minimum absolute atomic E-state index is 0.244. The predicted molar refractivity (Wildman–Crippen MR) is 87.7 cm³/mol. The summed E-state index contributed by atoms with van der Waals surface area (Å²) >= 11 is 1.20. The molecule has 2 heterocycles. The highest BCUT2D eigenvalue weighted by Crippen LogP contribution is 2.34. The van der Waals surface area contributed by atoms with Crippen LogP contribution >= 0.6 is 11.8 Å². The molecule has 0 amide bonds. The molecular weight excluding hydrogens is 369 g/mol. The van der Waals surface area contributed by atoms with Gasteiger partial charge in [-0.2, -0.15) is 4.39 Å². The zero-order valence-electron chi connectivity index (χ0n) is 14.3. The molecule has 1 aromatic heterocycles. The fourth-order valence-electron chi connectivity index (χ4n) is 2.38. The number of ether oxygens (including phenoxy) is 4. The summed E-state index contributed by atoms with van der Waals surface area (Å²) < 4.78 is 34.4. The van der Waals surface area contributed by atoms with Crippen molar-refractivity contribution in [3.8, 4) is 5.75 Å². The van der Waals surface area contributed by atoms with E-state index in [-0.39, 0.29) is 11.5 Å². The molecule has 0 spiro atoms. The molecule has 1 fully saturated rings. The van der Waals surface area contributed by atoms with Gasteiger partial charge in [0.1, 0.15) is 5.75 Å². The van der Waals surface area contributed by atoms with Crippen LogP contribution in [0, 0.1) is 5.95 Å². The first-order valence-electron chi connectivity index (χ1n) is 7.67. The second-order valence-electron chi connectivity index (χ2n) is 5.43. The highest BCUT2D eigenvalue weighted by molar-refractivity contribution is 7.99. The number of nitrogens with zero attached hydrogens (tertiary/aromatic N) is 1. The highest BCUT2D eigenvalue weighted by Gasteiger charge is 2.47. The van der Waals surface area contributed by atoms with Gasteiger partial charge in [-0.15, -0.1) is 11.8 Å². The number of halogens is 1. The van der Waals surface area contributed by atoms with E-state index in [1.165, 1.54) is 44.8 Å². The number of esters is 3. The topological polar surface area (TPSA) is 101 Å². The maximum absolute atomic E-state index is 12.9. The van der Waals surface area contributed by atoms with Gasteiger partial charge in [0.25, 0.3) is 0 Å². The van der Waals surface area contributed by atoms with E-state index in [0.29, 0.717) is 0 Å². The smallest absolute Gasteiger partial charge is 0.303 e. The van der Waals surface area contributed by atoms with E-state index in [0.717, 1.165) is 6.07 Å². The van der Waals surface area contributed by atoms with Crippen molar-refractivity contribution in [2.75, 3.05) is 5.75 Å². The summed E-state index contributed by atoms with van der Waals surface area (Å²) in [4.78, 5) is 37.8. The van der Waals surface area contributed by atoms with Gasteiger partial charge in [-0.05, 0) is 12.1 Å². The Hall–Kier alpha value is -2.36. The first kappa shape index (κ1) is 20.0. The fraction of sp³-hybridized carbons (Fsp3) is 0.500. The van der Waals surface area contributed by atoms with Crippen LogP contribution in [0.2, 0.25) is 0 Å². The molecule has 8 nitrogen and oxygen atoms in total. The van der Waals surface area contributed by atoms with Crippen molar-refractivity contribution < 1.29 is 37.7 Å². The number of hydrogen-bond acceptors (Lipinski definition) is 9. The van der Waals surface area contributed by atoms with Gasteiger partial charge in [-0.3, -0.25) is 14.4 Å². The molecule has 2 rings (SSSR count). The molecule has 0 unspecified atom stereocenters. The average Bonchev–Trinajstić information content (AvgIpc) is 2.53. The zero-order valence-corrected chi connectivity index (χ0v) is 15.2. The number of carbonyl (C=O) groups is 3. The molecule has 142 valence electrons. The molecule has 4 atom stereocenters. The lowest BCUT2D eigenvalue weighted by atomic mass is 10.1. The van der Waals surface area contributed by atoms with Crippen LogP contribution < -0.4 is 4.74 Å². The molecule has 10 heteroatoms. The minimum Gasteiger partial charge on any atom is -0.474 e. The molecule has 0 bridgehead atoms. The summed E-state index contributed by atoms with van der Waals surface area (Å²) in [6.45, 7) is 3.61. The maximum Gasteiger partial charge on any atom is 0.303 e. The lowest BCUT2D eigenvalue weighted by Crippen LogP contribution is -2.55. The number of pyridine rings is 1. The molecule has 0 aromatic carbocycles. The Labute approximate surface area is 153 Å². The first-order chi connectivity index (χ1) is 12.3. The third kappa shape index (κ3) is 5.58. The van der Waals surface area contributed by atoms with Crippen LogP contribution in [0.5, 0.6) is 5.75 Å². The van der Waals surface area contributed by atoms with Crippen molar-refractivity contribution in [2.24, 2.45) is 0 Å². The van der Waals surface area contributed by atoms with Crippen molar-refractivity contribution in [3.05, 3.63) is 24.3 Å². The second-order valence-corrected chi connectivity index (χ2v) is 6.56. The molecule has 0 radical (unpaired) electrons. The Bertz CT molecular complexity index is 669. The number of thioether (sulfide) groups is 1. The van der Waals surface area contributed by atoms with E-state index < -0.39 is 47.6 Å². The van der Waals surface area contributed by atoms with Gasteiger partial charge >= 0.3 is 17.9 Å². The van der Waals surface area contributed by atoms with Crippen molar-refractivity contribution in [1.82, 2.24) is 4.98 Å². The Morgan fingerprint density at radius 1 is 1.04 bits per heavy atom. The van der Waals surface area contributed by atoms with Crippen molar-refractivity contribution in [2.45, 2.75) is 44.5 Å². The molecule has 0 saturated carbocycles. The standard InChI is InChI=1S/C16H18FNO7S/c1-8(19)22-12-7-26-16(25-11-4-5-13(17)18-6-11)15(24-10(3)21)14(12)23-9(2)20/h4-6,12,14-16H,7H2,1-3H3/t12-,14+,15-,16-/m1/s1. The van der Waals surface area contributed by atoms with Crippen molar-refractivity contribution in [1.29, 1.82) is 0 Å². The van der Waals surface area contributed by atoms with Crippen LogP contribution in [0.1, 0.15) is 20.8 Å². The summed E-state index contributed by atoms with van der Waals surface area (Å²) in [6.07, 6.45) is -1.71. The average molecular weight is 387 g/mol. The lowest BCUT2D eigenvalue weighted by Gasteiger charge is -2.39. The molecule has 1 saturated heterocycles. The largest absolute Gasteiger partial charge is 0.474 e. The monoisotopic (exact) mass is 387 g/mol. The fourth-order valence-corrected chi connectivity index (χ4v) is 3.59. The van der Waals surface area contributed by atoms with E-state index >= 15 is 0 Å². The normalized spacial score (nSPS) is 25.1. The minimum atomic E-state index is -1.04. The predicted octanol–water partition coefficient (Wildman–Crippen LogP) is 1.47. The van der Waals surface area contributed by atoms with E-state index in [1.54, 1.807) is 0 Å². The zero-order chi connectivity index (χ0) is 19.3. The van der Waals surface area contributed by atoms with Gasteiger partial charge in [0.15, 0.2) is 23.7 Å². The second kappa shape index (κ2) is 8.84. The van der Waals surface area contributed by atoms with Gasteiger partial charge in [-0.25, -0.2) is 4.98 Å². The number of rotatable bonds is 5. The Kier molecular flexibility index (Phi) is 6.78. The van der Waals surface area contributed by atoms with Gasteiger partial charge in [-0.1, -0.05) is 0 Å². The number of aromatic nitrogens is 1. The van der Waals surface area contributed by atoms with Gasteiger partial charge < -0.3 is 18.9 Å². The summed E-state index contributed by atoms with van der Waals surface area (Å²) in [7, 11) is 0. The van der Waals surface area contributed by atoms with Crippen LogP contribution in [-0.2, 0) is 28.6 Å². The van der Waals surface area contributed by atoms with Gasteiger partial charge in [0.2, 0.25) is 5.95 Å². The third-order valence-corrected chi connectivity index (χ3v) is 4.47. The quantitative estimate of drug-likeness (QED) is 0.422.